The predicted octanol–water partition coefficient (Wildman–Crippen LogP) is 6.37. The van der Waals surface area contributed by atoms with Crippen molar-refractivity contribution in [1.29, 1.82) is 0 Å². The van der Waals surface area contributed by atoms with E-state index in [1.807, 2.05) is 47.1 Å². The number of hydrogen-bond acceptors (Lipinski definition) is 2. The van der Waals surface area contributed by atoms with Crippen molar-refractivity contribution in [2.75, 3.05) is 6.54 Å². The minimum atomic E-state index is -0.889. The van der Waals surface area contributed by atoms with E-state index in [0.717, 1.165) is 40.9 Å². The van der Waals surface area contributed by atoms with Gasteiger partial charge in [-0.3, -0.25) is 4.90 Å². The van der Waals surface area contributed by atoms with Gasteiger partial charge in [0.25, 0.3) is 0 Å². The third kappa shape index (κ3) is 3.24. The first kappa shape index (κ1) is 20.5. The van der Waals surface area contributed by atoms with Gasteiger partial charge in [-0.15, -0.1) is 0 Å². The maximum absolute atomic E-state index is 12.3. The summed E-state index contributed by atoms with van der Waals surface area (Å²) in [5.41, 5.74) is 4.25. The minimum Gasteiger partial charge on any atom is -0.465 e. The van der Waals surface area contributed by atoms with E-state index in [2.05, 4.69) is 54.6 Å². The molecule has 0 unspecified atom stereocenters. The normalized spacial score (nSPS) is 18.1. The third-order valence-electron chi connectivity index (χ3n) is 7.10. The minimum absolute atomic E-state index is 0.520. The summed E-state index contributed by atoms with van der Waals surface area (Å²) in [4.78, 5) is 19.1. The largest absolute Gasteiger partial charge is 0.465 e. The Bertz CT molecular complexity index is 1500. The molecule has 0 bridgehead atoms. The summed E-state index contributed by atoms with van der Waals surface area (Å²) in [5, 5.41) is 12.5. The zero-order chi connectivity index (χ0) is 23.1. The van der Waals surface area contributed by atoms with E-state index >= 15 is 0 Å². The van der Waals surface area contributed by atoms with Crippen LogP contribution in [0.25, 0.3) is 27.5 Å². The Balaban J connectivity index is 1.55. The van der Waals surface area contributed by atoms with Gasteiger partial charge < -0.3 is 9.51 Å². The van der Waals surface area contributed by atoms with E-state index in [1.54, 1.807) is 4.90 Å². The molecule has 0 spiro atoms. The molecule has 2 aromatic heterocycles. The van der Waals surface area contributed by atoms with Gasteiger partial charge in [-0.1, -0.05) is 72.8 Å². The summed E-state index contributed by atoms with van der Waals surface area (Å²) in [5.74, 6) is 0. The molecule has 0 aliphatic carbocycles. The highest BCUT2D eigenvalue weighted by Gasteiger charge is 2.47. The average molecular weight is 448 g/mol. The first-order chi connectivity index (χ1) is 16.7. The van der Waals surface area contributed by atoms with Crippen molar-refractivity contribution in [3.05, 3.63) is 109 Å². The number of carbonyl (C=O) groups is 1. The summed E-state index contributed by atoms with van der Waals surface area (Å²) in [6.45, 7) is 0.520. The number of fused-ring (bicyclic) bond motifs is 2. The van der Waals surface area contributed by atoms with E-state index in [9.17, 15) is 9.90 Å². The Morgan fingerprint density at radius 2 is 1.68 bits per heavy atom. The van der Waals surface area contributed by atoms with Gasteiger partial charge in [0.1, 0.15) is 5.65 Å². The fourth-order valence-corrected chi connectivity index (χ4v) is 5.54. The SMILES string of the molecule is O=C(O)N1CCC[C@]1(Cc1ccccc1)c1cn2cccc(-c3cccc4ccccc34)c2n1. The van der Waals surface area contributed by atoms with Crippen LogP contribution in [0, 0.1) is 0 Å². The Morgan fingerprint density at radius 3 is 2.53 bits per heavy atom. The third-order valence-corrected chi connectivity index (χ3v) is 7.10. The van der Waals surface area contributed by atoms with Gasteiger partial charge in [-0.05, 0) is 46.9 Å². The van der Waals surface area contributed by atoms with Crippen LogP contribution in [-0.4, -0.2) is 32.0 Å². The molecule has 168 valence electrons. The lowest BCUT2D eigenvalue weighted by molar-refractivity contribution is 0.0985. The van der Waals surface area contributed by atoms with Crippen LogP contribution < -0.4 is 0 Å². The Kier molecular flexibility index (Phi) is 4.84. The van der Waals surface area contributed by atoms with Crippen molar-refractivity contribution >= 4 is 22.5 Å². The van der Waals surface area contributed by atoms with Crippen molar-refractivity contribution in [1.82, 2.24) is 14.3 Å². The molecule has 1 aliphatic rings. The van der Waals surface area contributed by atoms with Crippen LogP contribution in [0.4, 0.5) is 4.79 Å². The molecule has 5 heteroatoms. The number of pyridine rings is 1. The molecule has 0 radical (unpaired) electrons. The van der Waals surface area contributed by atoms with Gasteiger partial charge in [-0.2, -0.15) is 0 Å². The highest BCUT2D eigenvalue weighted by Crippen LogP contribution is 2.42. The van der Waals surface area contributed by atoms with Gasteiger partial charge >= 0.3 is 6.09 Å². The number of hydrogen-bond donors (Lipinski definition) is 1. The maximum atomic E-state index is 12.3. The van der Waals surface area contributed by atoms with E-state index in [-0.39, 0.29) is 0 Å². The molecule has 3 aromatic carbocycles. The first-order valence-electron chi connectivity index (χ1n) is 11.7. The quantitative estimate of drug-likeness (QED) is 0.348. The molecule has 6 rings (SSSR count). The second-order valence-corrected chi connectivity index (χ2v) is 9.04. The Hall–Kier alpha value is -4.12. The molecule has 1 fully saturated rings. The van der Waals surface area contributed by atoms with Crippen LogP contribution in [0.15, 0.2) is 97.3 Å². The zero-order valence-corrected chi connectivity index (χ0v) is 18.8. The van der Waals surface area contributed by atoms with Crippen LogP contribution in [0.2, 0.25) is 0 Å². The van der Waals surface area contributed by atoms with Gasteiger partial charge in [0.05, 0.1) is 11.2 Å². The number of carboxylic acid groups (broad SMARTS) is 1. The van der Waals surface area contributed by atoms with Gasteiger partial charge in [-0.25, -0.2) is 9.78 Å². The number of amides is 1. The highest BCUT2D eigenvalue weighted by molar-refractivity contribution is 5.99. The number of rotatable bonds is 4. The van der Waals surface area contributed by atoms with Crippen LogP contribution in [0.1, 0.15) is 24.1 Å². The molecule has 1 atom stereocenters. The molecule has 5 aromatic rings. The van der Waals surface area contributed by atoms with Crippen LogP contribution in [-0.2, 0) is 12.0 Å². The number of benzene rings is 3. The summed E-state index contributed by atoms with van der Waals surface area (Å²) >= 11 is 0. The van der Waals surface area contributed by atoms with Crippen molar-refractivity contribution in [3.63, 3.8) is 0 Å². The predicted molar refractivity (Wildman–Crippen MR) is 134 cm³/mol. The molecule has 1 N–H and O–H groups in total. The molecule has 0 saturated carbocycles. The maximum Gasteiger partial charge on any atom is 0.408 e. The fraction of sp³-hybridized carbons (Fsp3) is 0.172. The van der Waals surface area contributed by atoms with E-state index in [4.69, 9.17) is 4.98 Å². The van der Waals surface area contributed by atoms with Crippen molar-refractivity contribution in [2.24, 2.45) is 0 Å². The smallest absolute Gasteiger partial charge is 0.408 e. The second-order valence-electron chi connectivity index (χ2n) is 9.04. The number of aromatic nitrogens is 2. The second kappa shape index (κ2) is 8.03. The Morgan fingerprint density at radius 1 is 0.912 bits per heavy atom. The van der Waals surface area contributed by atoms with Crippen LogP contribution in [0.3, 0.4) is 0 Å². The zero-order valence-electron chi connectivity index (χ0n) is 18.8. The van der Waals surface area contributed by atoms with Crippen LogP contribution >= 0.6 is 0 Å². The molecule has 5 nitrogen and oxygen atoms in total. The molecule has 1 saturated heterocycles. The van der Waals surface area contributed by atoms with Gasteiger partial charge in [0.2, 0.25) is 0 Å². The standard InChI is InChI=1S/C29H25N3O2/c33-28(34)32-18-8-16-29(32,19-21-9-2-1-3-10-21)26-20-31-17-7-15-25(27(31)30-26)24-14-6-12-22-11-4-5-13-23(22)24/h1-7,9-15,17,20H,8,16,18-19H2,(H,33,34)/t29-/m0/s1. The van der Waals surface area contributed by atoms with Gasteiger partial charge in [0.15, 0.2) is 0 Å². The van der Waals surface area contributed by atoms with Gasteiger partial charge in [0, 0.05) is 30.9 Å². The summed E-state index contributed by atoms with van der Waals surface area (Å²) < 4.78 is 2.04. The summed E-state index contributed by atoms with van der Waals surface area (Å²) in [6.07, 6.45) is 5.31. The lowest BCUT2D eigenvalue weighted by atomic mass is 9.85. The number of imidazole rings is 1. The fourth-order valence-electron chi connectivity index (χ4n) is 5.54. The topological polar surface area (TPSA) is 57.8 Å². The monoisotopic (exact) mass is 447 g/mol. The van der Waals surface area contributed by atoms with E-state index < -0.39 is 11.6 Å². The highest BCUT2D eigenvalue weighted by atomic mass is 16.4. The van der Waals surface area contributed by atoms with Crippen LogP contribution in [0.5, 0.6) is 0 Å². The molecular weight excluding hydrogens is 422 g/mol. The lowest BCUT2D eigenvalue weighted by Crippen LogP contribution is -2.46. The number of nitrogens with zero attached hydrogens (tertiary/aromatic N) is 3. The molecule has 34 heavy (non-hydrogen) atoms. The average Bonchev–Trinajstić information content (AvgIpc) is 3.50. The van der Waals surface area contributed by atoms with E-state index in [0.29, 0.717) is 13.0 Å². The summed E-state index contributed by atoms with van der Waals surface area (Å²) in [7, 11) is 0. The van der Waals surface area contributed by atoms with Crippen molar-refractivity contribution in [3.8, 4) is 11.1 Å². The van der Waals surface area contributed by atoms with E-state index in [1.165, 1.54) is 10.8 Å². The van der Waals surface area contributed by atoms with Crippen molar-refractivity contribution < 1.29 is 9.90 Å². The lowest BCUT2D eigenvalue weighted by Gasteiger charge is -2.35. The number of likely N-dealkylation sites (tertiary alicyclic amines) is 1. The molecular formula is C29H25N3O2. The molecule has 1 aliphatic heterocycles. The Labute approximate surface area is 197 Å². The summed E-state index contributed by atoms with van der Waals surface area (Å²) in [6, 6.07) is 28.9. The first-order valence-corrected chi connectivity index (χ1v) is 11.7. The molecule has 3 heterocycles. The van der Waals surface area contributed by atoms with Crippen molar-refractivity contribution in [2.45, 2.75) is 24.8 Å². The molecule has 1 amide bonds.